The lowest BCUT2D eigenvalue weighted by Gasteiger charge is -2.12. The highest BCUT2D eigenvalue weighted by Crippen LogP contribution is 2.25. The second-order valence-corrected chi connectivity index (χ2v) is 5.28. The molecule has 0 saturated carbocycles. The molecular formula is C17H18N6O. The largest absolute Gasteiger partial charge is 0.323 e. The smallest absolute Gasteiger partial charge is 0.213 e. The van der Waals surface area contributed by atoms with Gasteiger partial charge < -0.3 is 5.32 Å². The van der Waals surface area contributed by atoms with E-state index < -0.39 is 0 Å². The van der Waals surface area contributed by atoms with E-state index in [4.69, 9.17) is 5.41 Å². The van der Waals surface area contributed by atoms with Crippen LogP contribution in [0.25, 0.3) is 16.6 Å². The van der Waals surface area contributed by atoms with Gasteiger partial charge in [0.25, 0.3) is 0 Å². The standard InChI is InChI=1S/C17H18N6O/c1-2-5-16-14(22-17(18)20-11-24)10-21-23(16)15-8-3-7-13-12(15)6-4-9-19-13/h3-4,6-11H,2,5H2,1H3,(H3,18,20,22,24). The minimum Gasteiger partial charge on any atom is -0.323 e. The maximum Gasteiger partial charge on any atom is 0.213 e. The van der Waals surface area contributed by atoms with E-state index in [1.54, 1.807) is 12.4 Å². The Morgan fingerprint density at radius 1 is 1.33 bits per heavy atom. The van der Waals surface area contributed by atoms with Crippen LogP contribution >= 0.6 is 0 Å². The maximum atomic E-state index is 10.5. The van der Waals surface area contributed by atoms with Gasteiger partial charge in [0.1, 0.15) is 0 Å². The normalized spacial score (nSPS) is 10.5. The van der Waals surface area contributed by atoms with Crippen molar-refractivity contribution in [3.63, 3.8) is 0 Å². The number of hydrogen-bond donors (Lipinski definition) is 3. The Balaban J connectivity index is 2.08. The van der Waals surface area contributed by atoms with Gasteiger partial charge in [-0.2, -0.15) is 5.10 Å². The summed E-state index contributed by atoms with van der Waals surface area (Å²) in [6, 6.07) is 9.82. The van der Waals surface area contributed by atoms with Gasteiger partial charge >= 0.3 is 0 Å². The Labute approximate surface area is 139 Å². The van der Waals surface area contributed by atoms with Crippen LogP contribution in [0.15, 0.2) is 42.7 Å². The monoisotopic (exact) mass is 322 g/mol. The fourth-order valence-electron chi connectivity index (χ4n) is 2.66. The third-order valence-electron chi connectivity index (χ3n) is 3.67. The Morgan fingerprint density at radius 3 is 3.00 bits per heavy atom. The second kappa shape index (κ2) is 6.91. The van der Waals surface area contributed by atoms with Crippen LogP contribution in [0.1, 0.15) is 19.0 Å². The Kier molecular flexibility index (Phi) is 4.51. The van der Waals surface area contributed by atoms with E-state index in [0.29, 0.717) is 12.1 Å². The molecule has 0 aliphatic carbocycles. The van der Waals surface area contributed by atoms with Crippen LogP contribution in [-0.4, -0.2) is 27.1 Å². The molecule has 3 N–H and O–H groups in total. The molecule has 0 aliphatic rings. The van der Waals surface area contributed by atoms with Crippen LogP contribution in [0, 0.1) is 5.41 Å². The second-order valence-electron chi connectivity index (χ2n) is 5.28. The minimum absolute atomic E-state index is 0.0820. The molecule has 122 valence electrons. The van der Waals surface area contributed by atoms with Gasteiger partial charge in [0.2, 0.25) is 6.41 Å². The van der Waals surface area contributed by atoms with Gasteiger partial charge in [-0.05, 0) is 30.7 Å². The molecular weight excluding hydrogens is 304 g/mol. The number of benzene rings is 1. The van der Waals surface area contributed by atoms with Gasteiger partial charge in [0, 0.05) is 11.6 Å². The molecule has 24 heavy (non-hydrogen) atoms. The van der Waals surface area contributed by atoms with E-state index in [1.165, 1.54) is 0 Å². The van der Waals surface area contributed by atoms with Crippen molar-refractivity contribution in [2.45, 2.75) is 19.8 Å². The van der Waals surface area contributed by atoms with Crippen molar-refractivity contribution in [1.29, 1.82) is 5.41 Å². The number of pyridine rings is 1. The zero-order chi connectivity index (χ0) is 16.9. The quantitative estimate of drug-likeness (QED) is 0.382. The van der Waals surface area contributed by atoms with Crippen LogP contribution in [0.3, 0.4) is 0 Å². The summed E-state index contributed by atoms with van der Waals surface area (Å²) < 4.78 is 1.87. The number of fused-ring (bicyclic) bond motifs is 1. The molecule has 0 spiro atoms. The number of rotatable bonds is 5. The lowest BCUT2D eigenvalue weighted by atomic mass is 10.1. The SMILES string of the molecule is CCCc1c(NC(=N)NC=O)cnn1-c1cccc2ncccc12. The number of carbonyl (C=O) groups is 1. The Morgan fingerprint density at radius 2 is 2.21 bits per heavy atom. The number of nitrogens with one attached hydrogen (secondary N) is 3. The van der Waals surface area contributed by atoms with E-state index in [9.17, 15) is 4.79 Å². The van der Waals surface area contributed by atoms with Crippen LogP contribution in [-0.2, 0) is 11.2 Å². The summed E-state index contributed by atoms with van der Waals surface area (Å²) in [5, 5.41) is 18.4. The van der Waals surface area contributed by atoms with Gasteiger partial charge in [0.15, 0.2) is 5.96 Å². The Hall–Kier alpha value is -3.22. The van der Waals surface area contributed by atoms with E-state index in [-0.39, 0.29) is 5.96 Å². The molecule has 2 aromatic heterocycles. The topological polar surface area (TPSA) is 95.7 Å². The number of nitrogens with zero attached hydrogens (tertiary/aromatic N) is 3. The minimum atomic E-state index is -0.0820. The van der Waals surface area contributed by atoms with E-state index in [1.807, 2.05) is 35.0 Å². The summed E-state index contributed by atoms with van der Waals surface area (Å²) in [5.41, 5.74) is 3.49. The van der Waals surface area contributed by atoms with E-state index in [2.05, 4.69) is 27.6 Å². The molecule has 7 heteroatoms. The molecule has 0 atom stereocenters. The molecule has 0 unspecified atom stereocenters. The fraction of sp³-hybridized carbons (Fsp3) is 0.176. The van der Waals surface area contributed by atoms with Crippen molar-refractivity contribution in [1.82, 2.24) is 20.1 Å². The summed E-state index contributed by atoms with van der Waals surface area (Å²) >= 11 is 0. The average molecular weight is 322 g/mol. The van der Waals surface area contributed by atoms with Crippen molar-refractivity contribution in [2.75, 3.05) is 5.32 Å². The maximum absolute atomic E-state index is 10.5. The lowest BCUT2D eigenvalue weighted by molar-refractivity contribution is -0.108. The van der Waals surface area contributed by atoms with E-state index in [0.717, 1.165) is 35.1 Å². The number of hydrogen-bond acceptors (Lipinski definition) is 4. The summed E-state index contributed by atoms with van der Waals surface area (Å²) in [5.74, 6) is -0.0820. The summed E-state index contributed by atoms with van der Waals surface area (Å²) in [4.78, 5) is 14.9. The molecule has 1 aromatic carbocycles. The van der Waals surface area contributed by atoms with Crippen molar-refractivity contribution >= 4 is 29.0 Å². The molecule has 0 fully saturated rings. The lowest BCUT2D eigenvalue weighted by Crippen LogP contribution is -2.28. The molecule has 1 amide bonds. The van der Waals surface area contributed by atoms with Crippen molar-refractivity contribution in [3.8, 4) is 5.69 Å². The zero-order valence-corrected chi connectivity index (χ0v) is 13.3. The van der Waals surface area contributed by atoms with Crippen molar-refractivity contribution < 1.29 is 4.79 Å². The number of aromatic nitrogens is 3. The first-order valence-corrected chi connectivity index (χ1v) is 7.71. The first kappa shape index (κ1) is 15.7. The van der Waals surface area contributed by atoms with Gasteiger partial charge in [-0.25, -0.2) is 4.68 Å². The highest BCUT2D eigenvalue weighted by molar-refractivity contribution is 5.97. The number of carbonyl (C=O) groups excluding carboxylic acids is 1. The van der Waals surface area contributed by atoms with Crippen LogP contribution in [0.2, 0.25) is 0 Å². The first-order valence-electron chi connectivity index (χ1n) is 7.71. The number of amides is 1. The van der Waals surface area contributed by atoms with Crippen molar-refractivity contribution in [2.24, 2.45) is 0 Å². The predicted octanol–water partition coefficient (Wildman–Crippen LogP) is 2.47. The molecule has 2 heterocycles. The number of guanidine groups is 1. The van der Waals surface area contributed by atoms with Gasteiger partial charge in [0.05, 0.1) is 28.8 Å². The van der Waals surface area contributed by atoms with Gasteiger partial charge in [-0.1, -0.05) is 19.4 Å². The fourth-order valence-corrected chi connectivity index (χ4v) is 2.66. The third kappa shape index (κ3) is 2.96. The van der Waals surface area contributed by atoms with Crippen LogP contribution in [0.5, 0.6) is 0 Å². The third-order valence-corrected chi connectivity index (χ3v) is 3.67. The molecule has 3 rings (SSSR count). The van der Waals surface area contributed by atoms with Gasteiger partial charge in [-0.15, -0.1) is 0 Å². The van der Waals surface area contributed by atoms with Crippen LogP contribution in [0.4, 0.5) is 5.69 Å². The highest BCUT2D eigenvalue weighted by Gasteiger charge is 2.14. The molecule has 0 radical (unpaired) electrons. The summed E-state index contributed by atoms with van der Waals surface area (Å²) in [7, 11) is 0. The highest BCUT2D eigenvalue weighted by atomic mass is 16.1. The molecule has 0 aliphatic heterocycles. The average Bonchev–Trinajstić information content (AvgIpc) is 2.97. The van der Waals surface area contributed by atoms with Gasteiger partial charge in [-0.3, -0.25) is 20.5 Å². The van der Waals surface area contributed by atoms with E-state index >= 15 is 0 Å². The number of anilines is 1. The Bertz CT molecular complexity index is 880. The van der Waals surface area contributed by atoms with Crippen molar-refractivity contribution in [3.05, 3.63) is 48.4 Å². The zero-order valence-electron chi connectivity index (χ0n) is 13.3. The summed E-state index contributed by atoms with van der Waals surface area (Å²) in [6.07, 6.45) is 5.61. The molecule has 3 aromatic rings. The summed E-state index contributed by atoms with van der Waals surface area (Å²) in [6.45, 7) is 2.08. The molecule has 7 nitrogen and oxygen atoms in total. The first-order chi connectivity index (χ1) is 11.7. The molecule has 0 saturated heterocycles. The predicted molar refractivity (Wildman–Crippen MR) is 93.4 cm³/mol. The molecule has 0 bridgehead atoms. The van der Waals surface area contributed by atoms with Crippen LogP contribution < -0.4 is 10.6 Å².